The number of hydrazone groups is 1. The van der Waals surface area contributed by atoms with E-state index in [1.54, 1.807) is 0 Å². The van der Waals surface area contributed by atoms with Crippen molar-refractivity contribution in [1.82, 2.24) is 15.2 Å². The second-order valence-electron chi connectivity index (χ2n) is 8.04. The molecular weight excluding hydrogens is 312 g/mol. The Balaban J connectivity index is 1.59. The van der Waals surface area contributed by atoms with Crippen molar-refractivity contribution in [2.24, 2.45) is 5.10 Å². The molecule has 2 aliphatic carbocycles. The van der Waals surface area contributed by atoms with Gasteiger partial charge in [-0.25, -0.2) is 5.43 Å². The lowest BCUT2D eigenvalue weighted by Gasteiger charge is -2.42. The molecule has 1 saturated heterocycles. The highest BCUT2D eigenvalue weighted by Crippen LogP contribution is 2.51. The van der Waals surface area contributed by atoms with Gasteiger partial charge in [-0.05, 0) is 58.5 Å². The van der Waals surface area contributed by atoms with Crippen LogP contribution < -0.4 is 5.43 Å². The third-order valence-corrected chi connectivity index (χ3v) is 6.56. The molecule has 1 fully saturated rings. The van der Waals surface area contributed by atoms with E-state index in [1.165, 1.54) is 42.8 Å². The molecule has 5 aliphatic rings. The molecule has 0 bridgehead atoms. The van der Waals surface area contributed by atoms with Crippen molar-refractivity contribution in [3.8, 4) is 0 Å². The smallest absolute Gasteiger partial charge is 0.271 e. The monoisotopic (exact) mass is 338 g/mol. The number of hydrogen-bond donors (Lipinski definition) is 1. The van der Waals surface area contributed by atoms with Gasteiger partial charge in [0, 0.05) is 35.5 Å². The van der Waals surface area contributed by atoms with Gasteiger partial charge in [-0.15, -0.1) is 0 Å². The Bertz CT molecular complexity index is 754. The Kier molecular flexibility index (Phi) is 3.42. The van der Waals surface area contributed by atoms with E-state index in [1.807, 2.05) is 6.08 Å². The van der Waals surface area contributed by atoms with E-state index in [9.17, 15) is 4.79 Å². The van der Waals surface area contributed by atoms with Crippen molar-refractivity contribution in [3.63, 3.8) is 0 Å². The first-order chi connectivity index (χ1) is 12.2. The standard InChI is InChI=1S/C20H26N4O/c1-20-9-5-6-14-18(20)17-15(21-22-19(14)25)7-4-8-16(17)24(20)13-12-23-10-2-3-11-23/h5-6H,2-4,7-13H2,1H3,(H,22,25). The minimum absolute atomic E-state index is 0.0488. The summed E-state index contributed by atoms with van der Waals surface area (Å²) in [5.41, 5.74) is 8.54. The van der Waals surface area contributed by atoms with Crippen LogP contribution in [0.2, 0.25) is 0 Å². The summed E-state index contributed by atoms with van der Waals surface area (Å²) in [6.45, 7) is 6.97. The van der Waals surface area contributed by atoms with E-state index < -0.39 is 0 Å². The van der Waals surface area contributed by atoms with Crippen LogP contribution in [0.4, 0.5) is 0 Å². The highest BCUT2D eigenvalue weighted by Gasteiger charge is 2.50. The van der Waals surface area contributed by atoms with Crippen molar-refractivity contribution < 1.29 is 4.79 Å². The quantitative estimate of drug-likeness (QED) is 0.859. The molecule has 0 saturated carbocycles. The lowest BCUT2D eigenvalue weighted by molar-refractivity contribution is -0.117. The first-order valence-electron chi connectivity index (χ1n) is 9.70. The zero-order valence-corrected chi connectivity index (χ0v) is 15.0. The van der Waals surface area contributed by atoms with Gasteiger partial charge >= 0.3 is 0 Å². The molecule has 5 heteroatoms. The highest BCUT2D eigenvalue weighted by atomic mass is 16.2. The predicted octanol–water partition coefficient (Wildman–Crippen LogP) is 2.34. The number of hydrogen-bond acceptors (Lipinski definition) is 4. The van der Waals surface area contributed by atoms with Gasteiger partial charge in [0.15, 0.2) is 0 Å². The number of carbonyl (C=O) groups excluding carboxylic acids is 1. The second-order valence-corrected chi connectivity index (χ2v) is 8.04. The Hall–Kier alpha value is -1.88. The maximum Gasteiger partial charge on any atom is 0.271 e. The molecule has 3 aliphatic heterocycles. The number of amides is 1. The minimum Gasteiger partial charge on any atom is -0.363 e. The maximum absolute atomic E-state index is 12.6. The van der Waals surface area contributed by atoms with Crippen LogP contribution in [0, 0.1) is 0 Å². The average Bonchev–Trinajstić information content (AvgIpc) is 3.17. The summed E-state index contributed by atoms with van der Waals surface area (Å²) < 4.78 is 0. The minimum atomic E-state index is -0.0960. The van der Waals surface area contributed by atoms with Crippen LogP contribution in [-0.2, 0) is 4.79 Å². The predicted molar refractivity (Wildman–Crippen MR) is 98.0 cm³/mol. The van der Waals surface area contributed by atoms with Gasteiger partial charge in [0.25, 0.3) is 5.91 Å². The topological polar surface area (TPSA) is 47.9 Å². The first-order valence-corrected chi connectivity index (χ1v) is 9.70. The lowest BCUT2D eigenvalue weighted by Crippen LogP contribution is -2.47. The molecule has 132 valence electrons. The molecule has 0 radical (unpaired) electrons. The van der Waals surface area contributed by atoms with Crippen molar-refractivity contribution in [1.29, 1.82) is 0 Å². The van der Waals surface area contributed by atoms with Crippen LogP contribution in [0.3, 0.4) is 0 Å². The van der Waals surface area contributed by atoms with Gasteiger partial charge in [0.2, 0.25) is 0 Å². The summed E-state index contributed by atoms with van der Waals surface area (Å²) in [6.07, 6.45) is 11.0. The summed E-state index contributed by atoms with van der Waals surface area (Å²) in [4.78, 5) is 17.8. The van der Waals surface area contributed by atoms with Gasteiger partial charge in [-0.1, -0.05) is 12.2 Å². The Morgan fingerprint density at radius 2 is 2.04 bits per heavy atom. The van der Waals surface area contributed by atoms with Crippen molar-refractivity contribution in [2.75, 3.05) is 26.2 Å². The van der Waals surface area contributed by atoms with Crippen LogP contribution in [0.5, 0.6) is 0 Å². The maximum atomic E-state index is 12.6. The van der Waals surface area contributed by atoms with Crippen LogP contribution >= 0.6 is 0 Å². The normalized spacial score (nSPS) is 31.3. The molecule has 0 aromatic rings. The molecular formula is C20H26N4O. The molecule has 5 rings (SSSR count). The van der Waals surface area contributed by atoms with Crippen molar-refractivity contribution in [3.05, 3.63) is 34.6 Å². The Morgan fingerprint density at radius 1 is 1.20 bits per heavy atom. The molecule has 25 heavy (non-hydrogen) atoms. The molecule has 0 aromatic heterocycles. The number of allylic oxidation sites excluding steroid dienone is 1. The summed E-state index contributed by atoms with van der Waals surface area (Å²) in [5.74, 6) is -0.0488. The van der Waals surface area contributed by atoms with E-state index in [0.29, 0.717) is 0 Å². The van der Waals surface area contributed by atoms with Gasteiger partial charge in [-0.2, -0.15) is 5.10 Å². The van der Waals surface area contributed by atoms with E-state index in [4.69, 9.17) is 0 Å². The molecule has 1 unspecified atom stereocenters. The Labute approximate surface area is 149 Å². The summed E-state index contributed by atoms with van der Waals surface area (Å²) >= 11 is 0. The number of nitrogens with zero attached hydrogens (tertiary/aromatic N) is 3. The summed E-state index contributed by atoms with van der Waals surface area (Å²) in [7, 11) is 0. The van der Waals surface area contributed by atoms with Crippen LogP contribution in [-0.4, -0.2) is 53.1 Å². The molecule has 0 spiro atoms. The average molecular weight is 338 g/mol. The third kappa shape index (κ3) is 2.18. The van der Waals surface area contributed by atoms with Gasteiger partial charge in [0.05, 0.1) is 11.3 Å². The van der Waals surface area contributed by atoms with Gasteiger partial charge in [0.1, 0.15) is 0 Å². The van der Waals surface area contributed by atoms with E-state index in [2.05, 4.69) is 33.3 Å². The van der Waals surface area contributed by atoms with Gasteiger partial charge in [-0.3, -0.25) is 4.79 Å². The molecule has 1 N–H and O–H groups in total. The van der Waals surface area contributed by atoms with E-state index >= 15 is 0 Å². The van der Waals surface area contributed by atoms with Crippen molar-refractivity contribution in [2.45, 2.75) is 51.0 Å². The summed E-state index contributed by atoms with van der Waals surface area (Å²) in [5, 5.41) is 4.48. The van der Waals surface area contributed by atoms with Crippen LogP contribution in [0.25, 0.3) is 0 Å². The fraction of sp³-hybridized carbons (Fsp3) is 0.600. The number of carbonyl (C=O) groups is 1. The highest BCUT2D eigenvalue weighted by molar-refractivity contribution is 6.12. The van der Waals surface area contributed by atoms with Crippen LogP contribution in [0.1, 0.15) is 45.4 Å². The largest absolute Gasteiger partial charge is 0.363 e. The zero-order chi connectivity index (χ0) is 17.0. The van der Waals surface area contributed by atoms with Crippen molar-refractivity contribution >= 4 is 11.6 Å². The first kappa shape index (κ1) is 15.4. The molecule has 0 aromatic carbocycles. The molecule has 1 amide bonds. The van der Waals surface area contributed by atoms with E-state index in [0.717, 1.165) is 50.1 Å². The van der Waals surface area contributed by atoms with Crippen LogP contribution in [0.15, 0.2) is 39.7 Å². The summed E-state index contributed by atoms with van der Waals surface area (Å²) in [6, 6.07) is 0. The fourth-order valence-electron chi connectivity index (χ4n) is 5.34. The zero-order valence-electron chi connectivity index (χ0n) is 15.0. The number of rotatable bonds is 3. The number of likely N-dealkylation sites (tertiary alicyclic amines) is 1. The lowest BCUT2D eigenvalue weighted by atomic mass is 9.77. The molecule has 5 nitrogen and oxygen atoms in total. The Morgan fingerprint density at radius 3 is 2.88 bits per heavy atom. The number of nitrogens with one attached hydrogen (secondary N) is 1. The molecule has 1 atom stereocenters. The fourth-order valence-corrected chi connectivity index (χ4v) is 5.34. The molecule has 3 heterocycles. The van der Waals surface area contributed by atoms with E-state index in [-0.39, 0.29) is 11.4 Å². The second kappa shape index (κ2) is 5.56. The third-order valence-electron chi connectivity index (χ3n) is 6.56. The SMILES string of the molecule is CC12CC=CC3=C1C1=C(CCCC1=NNC3=O)N2CCN1CCCC1. The van der Waals surface area contributed by atoms with Gasteiger partial charge < -0.3 is 9.80 Å².